The standard InChI is InChI=1S/C19H19N3O/c1-13-7-8-17-15(11-13)16-12-22(10-9-18(16)21-17)19(23)20-14-5-3-2-4-6-14/h2-8,11,21H,9-10,12H2,1H3,(H,20,23). The molecule has 4 nitrogen and oxygen atoms in total. The van der Waals surface area contributed by atoms with E-state index in [-0.39, 0.29) is 6.03 Å². The van der Waals surface area contributed by atoms with Gasteiger partial charge in [0.25, 0.3) is 0 Å². The van der Waals surface area contributed by atoms with E-state index in [9.17, 15) is 4.79 Å². The molecule has 2 heterocycles. The number of hydrogen-bond acceptors (Lipinski definition) is 1. The Morgan fingerprint density at radius 3 is 2.83 bits per heavy atom. The van der Waals surface area contributed by atoms with Gasteiger partial charge in [-0.1, -0.05) is 29.8 Å². The molecule has 116 valence electrons. The molecule has 0 unspecified atom stereocenters. The van der Waals surface area contributed by atoms with Crippen molar-refractivity contribution in [2.45, 2.75) is 19.9 Å². The number of aromatic amines is 1. The first kappa shape index (κ1) is 13.9. The highest BCUT2D eigenvalue weighted by Crippen LogP contribution is 2.28. The van der Waals surface area contributed by atoms with Gasteiger partial charge in [-0.25, -0.2) is 4.79 Å². The number of urea groups is 1. The second kappa shape index (κ2) is 5.47. The zero-order valence-corrected chi connectivity index (χ0v) is 13.1. The number of fused-ring (bicyclic) bond motifs is 3. The van der Waals surface area contributed by atoms with Crippen LogP contribution in [0.25, 0.3) is 10.9 Å². The SMILES string of the molecule is Cc1ccc2[nH]c3c(c2c1)CN(C(=O)Nc1ccccc1)CC3. The lowest BCUT2D eigenvalue weighted by atomic mass is 10.0. The first-order valence-corrected chi connectivity index (χ1v) is 7.92. The highest BCUT2D eigenvalue weighted by molar-refractivity contribution is 5.91. The van der Waals surface area contributed by atoms with Crippen LogP contribution in [-0.2, 0) is 13.0 Å². The topological polar surface area (TPSA) is 48.1 Å². The van der Waals surface area contributed by atoms with Gasteiger partial charge in [-0.15, -0.1) is 0 Å². The third-order valence-corrected chi connectivity index (χ3v) is 4.44. The molecule has 0 radical (unpaired) electrons. The predicted octanol–water partition coefficient (Wildman–Crippen LogP) is 4.07. The minimum atomic E-state index is -0.0381. The molecule has 2 aromatic carbocycles. The summed E-state index contributed by atoms with van der Waals surface area (Å²) in [4.78, 5) is 17.9. The number of hydrogen-bond donors (Lipinski definition) is 2. The van der Waals surface area contributed by atoms with Gasteiger partial charge in [0.05, 0.1) is 0 Å². The molecule has 1 aliphatic heterocycles. The number of para-hydroxylation sites is 1. The Kier molecular flexibility index (Phi) is 3.30. The van der Waals surface area contributed by atoms with Crippen molar-refractivity contribution < 1.29 is 4.79 Å². The maximum atomic E-state index is 12.5. The van der Waals surface area contributed by atoms with Gasteiger partial charge < -0.3 is 15.2 Å². The van der Waals surface area contributed by atoms with Crippen molar-refractivity contribution in [3.63, 3.8) is 0 Å². The van der Waals surface area contributed by atoms with Gasteiger partial charge in [-0.05, 0) is 31.2 Å². The number of benzene rings is 2. The molecule has 4 rings (SSSR count). The van der Waals surface area contributed by atoms with Crippen LogP contribution in [0.2, 0.25) is 0 Å². The summed E-state index contributed by atoms with van der Waals surface area (Å²) in [6.45, 7) is 3.48. The number of aryl methyl sites for hydroxylation is 1. The van der Waals surface area contributed by atoms with Crippen molar-refractivity contribution in [1.29, 1.82) is 0 Å². The molecule has 2 N–H and O–H groups in total. The number of amides is 2. The Labute approximate surface area is 135 Å². The van der Waals surface area contributed by atoms with Gasteiger partial charge in [0.1, 0.15) is 0 Å². The van der Waals surface area contributed by atoms with Crippen LogP contribution in [0.3, 0.4) is 0 Å². The van der Waals surface area contributed by atoms with Crippen LogP contribution in [-0.4, -0.2) is 22.5 Å². The van der Waals surface area contributed by atoms with E-state index in [4.69, 9.17) is 0 Å². The second-order valence-electron chi connectivity index (χ2n) is 6.10. The molecule has 0 atom stereocenters. The minimum Gasteiger partial charge on any atom is -0.358 e. The average molecular weight is 305 g/mol. The van der Waals surface area contributed by atoms with Gasteiger partial charge in [-0.3, -0.25) is 0 Å². The predicted molar refractivity (Wildman–Crippen MR) is 92.6 cm³/mol. The van der Waals surface area contributed by atoms with E-state index in [0.717, 1.165) is 24.2 Å². The smallest absolute Gasteiger partial charge is 0.322 e. The Bertz CT molecular complexity index is 867. The minimum absolute atomic E-state index is 0.0381. The third kappa shape index (κ3) is 2.57. The van der Waals surface area contributed by atoms with E-state index >= 15 is 0 Å². The summed E-state index contributed by atoms with van der Waals surface area (Å²) in [6.07, 6.45) is 0.866. The van der Waals surface area contributed by atoms with Gasteiger partial charge in [0.15, 0.2) is 0 Å². The number of carbonyl (C=O) groups is 1. The number of rotatable bonds is 1. The molecule has 0 aliphatic carbocycles. The molecule has 3 aromatic rings. The quantitative estimate of drug-likeness (QED) is 0.699. The van der Waals surface area contributed by atoms with E-state index in [1.807, 2.05) is 35.2 Å². The van der Waals surface area contributed by atoms with Gasteiger partial charge in [-0.2, -0.15) is 0 Å². The molecule has 4 heteroatoms. The van der Waals surface area contributed by atoms with Crippen LogP contribution in [0.15, 0.2) is 48.5 Å². The van der Waals surface area contributed by atoms with Crippen molar-refractivity contribution in [3.05, 3.63) is 65.4 Å². The second-order valence-corrected chi connectivity index (χ2v) is 6.10. The number of aromatic nitrogens is 1. The average Bonchev–Trinajstić information content (AvgIpc) is 2.93. The Hall–Kier alpha value is -2.75. The lowest BCUT2D eigenvalue weighted by Crippen LogP contribution is -2.38. The molecule has 2 amide bonds. The number of carbonyl (C=O) groups excluding carboxylic acids is 1. The van der Waals surface area contributed by atoms with Gasteiger partial charge in [0, 0.05) is 47.4 Å². The molecule has 0 fully saturated rings. The fraction of sp³-hybridized carbons (Fsp3) is 0.211. The maximum absolute atomic E-state index is 12.5. The highest BCUT2D eigenvalue weighted by atomic mass is 16.2. The fourth-order valence-corrected chi connectivity index (χ4v) is 3.23. The third-order valence-electron chi connectivity index (χ3n) is 4.44. The van der Waals surface area contributed by atoms with Crippen LogP contribution in [0.5, 0.6) is 0 Å². The lowest BCUT2D eigenvalue weighted by molar-refractivity contribution is 0.206. The Balaban J connectivity index is 1.59. The van der Waals surface area contributed by atoms with E-state index in [0.29, 0.717) is 6.54 Å². The van der Waals surface area contributed by atoms with Crippen molar-refractivity contribution >= 4 is 22.6 Å². The Morgan fingerprint density at radius 1 is 1.17 bits per heavy atom. The summed E-state index contributed by atoms with van der Waals surface area (Å²) >= 11 is 0. The van der Waals surface area contributed by atoms with Crippen molar-refractivity contribution in [2.24, 2.45) is 0 Å². The molecule has 0 saturated heterocycles. The summed E-state index contributed by atoms with van der Waals surface area (Å²) < 4.78 is 0. The number of nitrogens with one attached hydrogen (secondary N) is 2. The molecule has 1 aliphatic rings. The molecule has 23 heavy (non-hydrogen) atoms. The molecular formula is C19H19N3O. The number of H-pyrrole nitrogens is 1. The first-order chi connectivity index (χ1) is 11.2. The summed E-state index contributed by atoms with van der Waals surface area (Å²) in [6, 6.07) is 16.0. The number of nitrogens with zero attached hydrogens (tertiary/aromatic N) is 1. The van der Waals surface area contributed by atoms with Crippen LogP contribution in [0, 0.1) is 6.92 Å². The van der Waals surface area contributed by atoms with E-state index < -0.39 is 0 Å². The maximum Gasteiger partial charge on any atom is 0.322 e. The van der Waals surface area contributed by atoms with Crippen LogP contribution in [0.4, 0.5) is 10.5 Å². The largest absolute Gasteiger partial charge is 0.358 e. The molecule has 0 bridgehead atoms. The van der Waals surface area contributed by atoms with Crippen molar-refractivity contribution in [1.82, 2.24) is 9.88 Å². The van der Waals surface area contributed by atoms with E-state index in [1.54, 1.807) is 0 Å². The van der Waals surface area contributed by atoms with Crippen molar-refractivity contribution in [3.8, 4) is 0 Å². The molecule has 0 saturated carbocycles. The van der Waals surface area contributed by atoms with Gasteiger partial charge >= 0.3 is 6.03 Å². The molecule has 0 spiro atoms. The summed E-state index contributed by atoms with van der Waals surface area (Å²) in [7, 11) is 0. The van der Waals surface area contributed by atoms with E-state index in [2.05, 4.69) is 35.4 Å². The molecular weight excluding hydrogens is 286 g/mol. The fourth-order valence-electron chi connectivity index (χ4n) is 3.23. The molecule has 1 aromatic heterocycles. The highest BCUT2D eigenvalue weighted by Gasteiger charge is 2.24. The lowest BCUT2D eigenvalue weighted by Gasteiger charge is -2.27. The van der Waals surface area contributed by atoms with Crippen LogP contribution < -0.4 is 5.32 Å². The van der Waals surface area contributed by atoms with Gasteiger partial charge in [0.2, 0.25) is 0 Å². The summed E-state index contributed by atoms with van der Waals surface area (Å²) in [5.74, 6) is 0. The monoisotopic (exact) mass is 305 g/mol. The van der Waals surface area contributed by atoms with Crippen LogP contribution in [0.1, 0.15) is 16.8 Å². The zero-order valence-electron chi connectivity index (χ0n) is 13.1. The van der Waals surface area contributed by atoms with Crippen LogP contribution >= 0.6 is 0 Å². The zero-order chi connectivity index (χ0) is 15.8. The normalized spacial score (nSPS) is 13.9. The summed E-state index contributed by atoms with van der Waals surface area (Å²) in [5.41, 5.74) is 5.74. The summed E-state index contributed by atoms with van der Waals surface area (Å²) in [5, 5.41) is 4.20. The first-order valence-electron chi connectivity index (χ1n) is 7.92. The van der Waals surface area contributed by atoms with E-state index in [1.165, 1.54) is 22.2 Å². The van der Waals surface area contributed by atoms with Crippen molar-refractivity contribution in [2.75, 3.05) is 11.9 Å². The Morgan fingerprint density at radius 2 is 2.00 bits per heavy atom. The number of anilines is 1.